The molecule has 2 aromatic carbocycles. The molecular formula is C32H44ClN3O4. The van der Waals surface area contributed by atoms with E-state index in [9.17, 15) is 14.7 Å². The van der Waals surface area contributed by atoms with Gasteiger partial charge in [-0.05, 0) is 93.0 Å². The molecule has 2 amide bonds. The highest BCUT2D eigenvalue weighted by Crippen LogP contribution is 2.46. The SMILES string of the molecule is CCc1cccc(-c2c(Cl)cccc2[C@](O)(CCCNC(=O)O)[C@@H]2CCCN(C(=O)[C@H]3CC[C@H](CN)CC3)C2)c1. The molecule has 4 rings (SSSR count). The Hall–Kier alpha value is -2.61. The van der Waals surface area contributed by atoms with Crippen LogP contribution in [0.5, 0.6) is 0 Å². The minimum Gasteiger partial charge on any atom is -0.465 e. The van der Waals surface area contributed by atoms with E-state index in [1.165, 1.54) is 5.56 Å². The fourth-order valence-corrected chi connectivity index (χ4v) is 6.99. The van der Waals surface area contributed by atoms with Crippen molar-refractivity contribution in [3.63, 3.8) is 0 Å². The maximum absolute atomic E-state index is 13.6. The van der Waals surface area contributed by atoms with Crippen LogP contribution in [0.2, 0.25) is 5.02 Å². The minimum absolute atomic E-state index is 0.0212. The van der Waals surface area contributed by atoms with Crippen molar-refractivity contribution in [1.29, 1.82) is 0 Å². The van der Waals surface area contributed by atoms with Crippen LogP contribution in [0.25, 0.3) is 11.1 Å². The molecule has 0 aromatic heterocycles. The zero-order chi connectivity index (χ0) is 28.7. The van der Waals surface area contributed by atoms with Gasteiger partial charge in [0.15, 0.2) is 0 Å². The van der Waals surface area contributed by atoms with Gasteiger partial charge in [0.1, 0.15) is 0 Å². The van der Waals surface area contributed by atoms with Gasteiger partial charge in [-0.2, -0.15) is 0 Å². The van der Waals surface area contributed by atoms with E-state index in [-0.39, 0.29) is 24.3 Å². The largest absolute Gasteiger partial charge is 0.465 e. The van der Waals surface area contributed by atoms with Crippen LogP contribution in [0.3, 0.4) is 0 Å². The summed E-state index contributed by atoms with van der Waals surface area (Å²) >= 11 is 6.84. The number of nitrogens with zero attached hydrogens (tertiary/aromatic N) is 1. The lowest BCUT2D eigenvalue weighted by molar-refractivity contribution is -0.142. The van der Waals surface area contributed by atoms with E-state index in [0.29, 0.717) is 43.4 Å². The lowest BCUT2D eigenvalue weighted by atomic mass is 9.71. The number of benzene rings is 2. The van der Waals surface area contributed by atoms with Crippen molar-refractivity contribution < 1.29 is 19.8 Å². The average molecular weight is 570 g/mol. The molecule has 2 atom stereocenters. The second kappa shape index (κ2) is 13.8. The summed E-state index contributed by atoms with van der Waals surface area (Å²) in [4.78, 5) is 26.7. The van der Waals surface area contributed by atoms with E-state index in [4.69, 9.17) is 22.4 Å². The highest BCUT2D eigenvalue weighted by molar-refractivity contribution is 6.33. The van der Waals surface area contributed by atoms with E-state index in [1.807, 2.05) is 35.2 Å². The van der Waals surface area contributed by atoms with Crippen LogP contribution in [0.4, 0.5) is 4.79 Å². The Morgan fingerprint density at radius 3 is 2.58 bits per heavy atom. The van der Waals surface area contributed by atoms with Gasteiger partial charge >= 0.3 is 6.09 Å². The first-order valence-corrected chi connectivity index (χ1v) is 15.2. The van der Waals surface area contributed by atoms with Crippen LogP contribution < -0.4 is 11.1 Å². The first-order chi connectivity index (χ1) is 19.3. The molecule has 0 unspecified atom stereocenters. The number of carboxylic acid groups (broad SMARTS) is 1. The summed E-state index contributed by atoms with van der Waals surface area (Å²) in [7, 11) is 0. The molecule has 8 heteroatoms. The summed E-state index contributed by atoms with van der Waals surface area (Å²) < 4.78 is 0. The quantitative estimate of drug-likeness (QED) is 0.270. The number of rotatable bonds is 10. The number of halogens is 1. The molecular weight excluding hydrogens is 526 g/mol. The molecule has 1 saturated carbocycles. The van der Waals surface area contributed by atoms with E-state index < -0.39 is 11.7 Å². The lowest BCUT2D eigenvalue weighted by Gasteiger charge is -2.44. The Bertz CT molecular complexity index is 1170. The van der Waals surface area contributed by atoms with Gasteiger partial charge in [0.2, 0.25) is 5.91 Å². The van der Waals surface area contributed by atoms with Gasteiger partial charge in [-0.1, -0.05) is 54.9 Å². The molecule has 2 aliphatic rings. The van der Waals surface area contributed by atoms with Gasteiger partial charge in [-0.3, -0.25) is 4.79 Å². The van der Waals surface area contributed by atoms with Gasteiger partial charge in [0.25, 0.3) is 0 Å². The van der Waals surface area contributed by atoms with Crippen molar-refractivity contribution in [3.05, 3.63) is 58.6 Å². The number of nitrogens with one attached hydrogen (secondary N) is 1. The van der Waals surface area contributed by atoms with Crippen LogP contribution in [0, 0.1) is 17.8 Å². The summed E-state index contributed by atoms with van der Waals surface area (Å²) in [5.41, 5.74) is 8.24. The molecule has 1 heterocycles. The van der Waals surface area contributed by atoms with Gasteiger partial charge < -0.3 is 26.2 Å². The van der Waals surface area contributed by atoms with E-state index in [0.717, 1.165) is 61.6 Å². The first kappa shape index (κ1) is 30.4. The van der Waals surface area contributed by atoms with Crippen LogP contribution in [0.1, 0.15) is 69.4 Å². The van der Waals surface area contributed by atoms with E-state index in [2.05, 4.69) is 24.4 Å². The number of carbonyl (C=O) groups excluding carboxylic acids is 1. The van der Waals surface area contributed by atoms with Crippen LogP contribution in [0.15, 0.2) is 42.5 Å². The summed E-state index contributed by atoms with van der Waals surface area (Å²) in [6.07, 6.45) is 5.92. The Balaban J connectivity index is 1.66. The normalized spacial score (nSPS) is 22.9. The Morgan fingerprint density at radius 1 is 1.12 bits per heavy atom. The number of hydrogen-bond acceptors (Lipinski definition) is 4. The maximum atomic E-state index is 13.6. The van der Waals surface area contributed by atoms with Crippen molar-refractivity contribution in [3.8, 4) is 11.1 Å². The predicted octanol–water partition coefficient (Wildman–Crippen LogP) is 5.81. The number of amides is 2. The molecule has 0 bridgehead atoms. The molecule has 1 aliphatic heterocycles. The number of likely N-dealkylation sites (tertiary alicyclic amines) is 1. The summed E-state index contributed by atoms with van der Waals surface area (Å²) in [5.74, 6) is 0.516. The van der Waals surface area contributed by atoms with Crippen molar-refractivity contribution in [2.24, 2.45) is 23.5 Å². The number of carbonyl (C=O) groups is 2. The molecule has 2 fully saturated rings. The van der Waals surface area contributed by atoms with Crippen molar-refractivity contribution in [2.75, 3.05) is 26.2 Å². The Kier molecular flexibility index (Phi) is 10.5. The van der Waals surface area contributed by atoms with Crippen molar-refractivity contribution in [2.45, 2.75) is 70.3 Å². The highest BCUT2D eigenvalue weighted by Gasteiger charge is 2.43. The molecule has 0 spiro atoms. The molecule has 2 aromatic rings. The maximum Gasteiger partial charge on any atom is 0.404 e. The molecule has 5 N–H and O–H groups in total. The lowest BCUT2D eigenvalue weighted by Crippen LogP contribution is -2.50. The minimum atomic E-state index is -1.29. The summed E-state index contributed by atoms with van der Waals surface area (Å²) in [6.45, 7) is 4.19. The monoisotopic (exact) mass is 569 g/mol. The molecule has 1 saturated heterocycles. The Morgan fingerprint density at radius 2 is 1.88 bits per heavy atom. The topological polar surface area (TPSA) is 116 Å². The number of aliphatic hydroxyl groups is 1. The van der Waals surface area contributed by atoms with E-state index >= 15 is 0 Å². The van der Waals surface area contributed by atoms with Crippen molar-refractivity contribution in [1.82, 2.24) is 10.2 Å². The second-order valence-electron chi connectivity index (χ2n) is 11.6. The Labute approximate surface area is 243 Å². The zero-order valence-corrected chi connectivity index (χ0v) is 24.3. The summed E-state index contributed by atoms with van der Waals surface area (Å²) in [6, 6.07) is 13.9. The third-order valence-electron chi connectivity index (χ3n) is 9.05. The fourth-order valence-electron chi connectivity index (χ4n) is 6.71. The third kappa shape index (κ3) is 6.99. The van der Waals surface area contributed by atoms with Gasteiger partial charge in [0, 0.05) is 42.1 Å². The second-order valence-corrected chi connectivity index (χ2v) is 12.0. The highest BCUT2D eigenvalue weighted by atomic mass is 35.5. The molecule has 7 nitrogen and oxygen atoms in total. The number of hydrogen-bond donors (Lipinski definition) is 4. The number of nitrogens with two attached hydrogens (primary N) is 1. The first-order valence-electron chi connectivity index (χ1n) is 14.8. The fraction of sp³-hybridized carbons (Fsp3) is 0.562. The van der Waals surface area contributed by atoms with E-state index in [1.54, 1.807) is 0 Å². The number of aryl methyl sites for hydroxylation is 1. The zero-order valence-electron chi connectivity index (χ0n) is 23.6. The molecule has 218 valence electrons. The predicted molar refractivity (Wildman–Crippen MR) is 159 cm³/mol. The van der Waals surface area contributed by atoms with Crippen LogP contribution in [-0.4, -0.2) is 53.3 Å². The van der Waals surface area contributed by atoms with Crippen molar-refractivity contribution >= 4 is 23.6 Å². The molecule has 40 heavy (non-hydrogen) atoms. The van der Waals surface area contributed by atoms with Gasteiger partial charge in [-0.15, -0.1) is 0 Å². The third-order valence-corrected chi connectivity index (χ3v) is 9.37. The van der Waals surface area contributed by atoms with Gasteiger partial charge in [-0.25, -0.2) is 4.79 Å². The molecule has 1 aliphatic carbocycles. The van der Waals surface area contributed by atoms with Crippen LogP contribution >= 0.6 is 11.6 Å². The average Bonchev–Trinajstić information content (AvgIpc) is 2.98. The number of piperidine rings is 1. The smallest absolute Gasteiger partial charge is 0.404 e. The summed E-state index contributed by atoms with van der Waals surface area (Å²) in [5, 5.41) is 24.7. The van der Waals surface area contributed by atoms with Crippen LogP contribution in [-0.2, 0) is 16.8 Å². The van der Waals surface area contributed by atoms with Gasteiger partial charge in [0.05, 0.1) is 5.60 Å². The molecule has 0 radical (unpaired) electrons. The standard InChI is InChI=1S/C32H44ClN3O4/c1-2-22-7-3-8-25(19-22)29-27(10-4-11-28(29)33)32(40,16-6-17-35-31(38)39)26-9-5-18-36(21-26)30(37)24-14-12-23(20-34)13-15-24/h3-4,7-8,10-11,19,23-24,26,35,40H,2,5-6,9,12-18,20-21,34H2,1H3,(H,38,39)/t23-,24-,26-,32+/m1/s1.